The Balaban J connectivity index is 3.13. The fraction of sp³-hybridized carbons (Fsp3) is 0.286. The van der Waals surface area contributed by atoms with Gasteiger partial charge in [-0.25, -0.2) is 4.68 Å². The van der Waals surface area contributed by atoms with Gasteiger partial charge in [-0.05, 0) is 6.07 Å². The normalized spacial score (nSPS) is 9.50. The molecule has 0 bridgehead atoms. The number of carbonyl (C=O) groups is 1. The molecule has 64 valence electrons. The van der Waals surface area contributed by atoms with Crippen molar-refractivity contribution in [3.05, 3.63) is 28.2 Å². The van der Waals surface area contributed by atoms with E-state index in [0.29, 0.717) is 0 Å². The van der Waals surface area contributed by atoms with Crippen LogP contribution in [0.2, 0.25) is 0 Å². The lowest BCUT2D eigenvalue weighted by Gasteiger charge is -1.99. The maximum absolute atomic E-state index is 11.0. The van der Waals surface area contributed by atoms with Crippen LogP contribution in [-0.2, 0) is 7.05 Å². The van der Waals surface area contributed by atoms with Crippen molar-refractivity contribution in [2.24, 2.45) is 7.05 Å². The monoisotopic (exact) mass is 167 g/mol. The summed E-state index contributed by atoms with van der Waals surface area (Å²) in [6.07, 6.45) is 0. The van der Waals surface area contributed by atoms with Crippen LogP contribution in [0, 0.1) is 0 Å². The van der Waals surface area contributed by atoms with E-state index in [9.17, 15) is 9.59 Å². The maximum atomic E-state index is 11.0. The molecule has 5 nitrogen and oxygen atoms in total. The minimum absolute atomic E-state index is 0.234. The van der Waals surface area contributed by atoms with Crippen LogP contribution >= 0.6 is 0 Å². The maximum Gasteiger partial charge on any atom is 0.271 e. The number of nitrogens with one attached hydrogen (secondary N) is 1. The lowest BCUT2D eigenvalue weighted by molar-refractivity contribution is 0.0956. The Morgan fingerprint density at radius 1 is 1.58 bits per heavy atom. The molecule has 0 unspecified atom stereocenters. The molecule has 0 saturated carbocycles. The first-order valence-electron chi connectivity index (χ1n) is 3.41. The number of aromatic nitrogens is 2. The minimum Gasteiger partial charge on any atom is -0.354 e. The molecule has 0 aliphatic carbocycles. The van der Waals surface area contributed by atoms with Gasteiger partial charge in [0, 0.05) is 20.2 Å². The van der Waals surface area contributed by atoms with Crippen molar-refractivity contribution >= 4 is 5.91 Å². The van der Waals surface area contributed by atoms with E-state index in [4.69, 9.17) is 0 Å². The largest absolute Gasteiger partial charge is 0.354 e. The van der Waals surface area contributed by atoms with Crippen molar-refractivity contribution in [1.82, 2.24) is 15.1 Å². The first kappa shape index (κ1) is 8.45. The number of carbonyl (C=O) groups excluding carboxylic acids is 1. The molecule has 0 fully saturated rings. The molecule has 1 amide bonds. The summed E-state index contributed by atoms with van der Waals surface area (Å²) in [6.45, 7) is 0. The summed E-state index contributed by atoms with van der Waals surface area (Å²) in [5, 5.41) is 6.15. The van der Waals surface area contributed by atoms with Gasteiger partial charge in [0.2, 0.25) is 0 Å². The molecule has 1 heterocycles. The van der Waals surface area contributed by atoms with E-state index in [1.54, 1.807) is 0 Å². The SMILES string of the molecule is CNC(=O)c1ccc(=O)n(C)n1. The van der Waals surface area contributed by atoms with Gasteiger partial charge in [0.1, 0.15) is 5.69 Å². The fourth-order valence-corrected chi connectivity index (χ4v) is 0.751. The number of nitrogens with zero attached hydrogens (tertiary/aromatic N) is 2. The Morgan fingerprint density at radius 2 is 2.25 bits per heavy atom. The van der Waals surface area contributed by atoms with Gasteiger partial charge in [0.25, 0.3) is 11.5 Å². The molecule has 12 heavy (non-hydrogen) atoms. The molecule has 0 aliphatic rings. The van der Waals surface area contributed by atoms with Gasteiger partial charge in [-0.1, -0.05) is 0 Å². The zero-order valence-electron chi connectivity index (χ0n) is 6.87. The minimum atomic E-state index is -0.300. The van der Waals surface area contributed by atoms with Crippen LogP contribution in [0.25, 0.3) is 0 Å². The van der Waals surface area contributed by atoms with E-state index in [-0.39, 0.29) is 17.2 Å². The van der Waals surface area contributed by atoms with Crippen LogP contribution in [0.3, 0.4) is 0 Å². The van der Waals surface area contributed by atoms with Gasteiger partial charge in [-0.3, -0.25) is 9.59 Å². The summed E-state index contributed by atoms with van der Waals surface area (Å²) in [6, 6.07) is 2.69. The number of rotatable bonds is 1. The second-order valence-corrected chi connectivity index (χ2v) is 2.26. The Hall–Kier alpha value is -1.65. The molecule has 0 radical (unpaired) electrons. The highest BCUT2D eigenvalue weighted by Crippen LogP contribution is 1.87. The molecular formula is C7H9N3O2. The Morgan fingerprint density at radius 3 is 2.75 bits per heavy atom. The molecule has 1 rings (SSSR count). The third-order valence-electron chi connectivity index (χ3n) is 1.42. The second-order valence-electron chi connectivity index (χ2n) is 2.26. The summed E-state index contributed by atoms with van der Waals surface area (Å²) in [5.74, 6) is -0.300. The average molecular weight is 167 g/mol. The van der Waals surface area contributed by atoms with E-state index in [0.717, 1.165) is 4.68 Å². The number of amides is 1. The number of hydrogen-bond acceptors (Lipinski definition) is 3. The first-order chi connectivity index (χ1) is 5.65. The summed E-state index contributed by atoms with van der Waals surface area (Å²) in [5.41, 5.74) is 0.00209. The smallest absolute Gasteiger partial charge is 0.271 e. The molecule has 1 aromatic heterocycles. The first-order valence-corrected chi connectivity index (χ1v) is 3.41. The van der Waals surface area contributed by atoms with E-state index in [1.807, 2.05) is 0 Å². The van der Waals surface area contributed by atoms with Gasteiger partial charge in [-0.2, -0.15) is 5.10 Å². The van der Waals surface area contributed by atoms with Gasteiger partial charge in [0.15, 0.2) is 0 Å². The molecule has 0 atom stereocenters. The van der Waals surface area contributed by atoms with Crippen LogP contribution in [0.15, 0.2) is 16.9 Å². The predicted octanol–water partition coefficient (Wildman–Crippen LogP) is -0.860. The van der Waals surface area contributed by atoms with Crippen LogP contribution in [0.4, 0.5) is 0 Å². The van der Waals surface area contributed by atoms with E-state index < -0.39 is 0 Å². The average Bonchev–Trinajstić information content (AvgIpc) is 2.08. The number of aryl methyl sites for hydroxylation is 1. The predicted molar refractivity (Wildman–Crippen MR) is 42.9 cm³/mol. The van der Waals surface area contributed by atoms with Gasteiger partial charge in [-0.15, -0.1) is 0 Å². The molecule has 1 N–H and O–H groups in total. The van der Waals surface area contributed by atoms with Gasteiger partial charge < -0.3 is 5.32 Å². The second kappa shape index (κ2) is 3.17. The molecule has 0 aromatic carbocycles. The van der Waals surface area contributed by atoms with Gasteiger partial charge >= 0.3 is 0 Å². The Kier molecular flexibility index (Phi) is 2.23. The topological polar surface area (TPSA) is 64.0 Å². The Labute approximate surface area is 69.0 Å². The van der Waals surface area contributed by atoms with Crippen LogP contribution in [0.1, 0.15) is 10.5 Å². The highest BCUT2D eigenvalue weighted by atomic mass is 16.2. The van der Waals surface area contributed by atoms with Crippen LogP contribution in [0.5, 0.6) is 0 Å². The molecule has 0 spiro atoms. The highest BCUT2D eigenvalue weighted by Gasteiger charge is 2.04. The van der Waals surface area contributed by atoms with E-state index >= 15 is 0 Å². The van der Waals surface area contributed by atoms with Gasteiger partial charge in [0.05, 0.1) is 0 Å². The molecular weight excluding hydrogens is 158 g/mol. The molecule has 0 saturated heterocycles. The van der Waals surface area contributed by atoms with Crippen molar-refractivity contribution < 1.29 is 4.79 Å². The van der Waals surface area contributed by atoms with Crippen molar-refractivity contribution in [3.63, 3.8) is 0 Å². The quantitative estimate of drug-likeness (QED) is 0.592. The van der Waals surface area contributed by atoms with Crippen LogP contribution in [-0.4, -0.2) is 22.7 Å². The fourth-order valence-electron chi connectivity index (χ4n) is 0.751. The molecule has 0 aliphatic heterocycles. The third kappa shape index (κ3) is 1.50. The van der Waals surface area contributed by atoms with Crippen LogP contribution < -0.4 is 10.9 Å². The number of hydrogen-bond donors (Lipinski definition) is 1. The lowest BCUT2D eigenvalue weighted by Crippen LogP contribution is -2.25. The standard InChI is InChI=1S/C7H9N3O2/c1-8-7(12)5-3-4-6(11)10(2)9-5/h3-4H,1-2H3,(H,8,12). The van der Waals surface area contributed by atoms with Crippen molar-refractivity contribution in [1.29, 1.82) is 0 Å². The zero-order chi connectivity index (χ0) is 9.14. The summed E-state index contributed by atoms with van der Waals surface area (Å²) in [7, 11) is 3.00. The highest BCUT2D eigenvalue weighted by molar-refractivity contribution is 5.91. The molecule has 1 aromatic rings. The molecule has 5 heteroatoms. The van der Waals surface area contributed by atoms with Crippen molar-refractivity contribution in [3.8, 4) is 0 Å². The summed E-state index contributed by atoms with van der Waals surface area (Å²) >= 11 is 0. The van der Waals surface area contributed by atoms with E-state index in [1.165, 1.54) is 26.2 Å². The van der Waals surface area contributed by atoms with Crippen molar-refractivity contribution in [2.45, 2.75) is 0 Å². The van der Waals surface area contributed by atoms with Crippen molar-refractivity contribution in [2.75, 3.05) is 7.05 Å². The summed E-state index contributed by atoms with van der Waals surface area (Å²) in [4.78, 5) is 21.8. The Bertz CT molecular complexity index is 356. The van der Waals surface area contributed by atoms with E-state index in [2.05, 4.69) is 10.4 Å². The summed E-state index contributed by atoms with van der Waals surface area (Å²) < 4.78 is 1.12. The third-order valence-corrected chi connectivity index (χ3v) is 1.42. The lowest BCUT2D eigenvalue weighted by atomic mass is 10.4. The zero-order valence-corrected chi connectivity index (χ0v) is 6.87.